The third-order valence-corrected chi connectivity index (χ3v) is 6.11. The fraction of sp³-hybridized carbons (Fsp3) is 0.536. The number of esters is 1. The average Bonchev–Trinajstić information content (AvgIpc) is 3.07. The number of hydrogen-bond donors (Lipinski definition) is 3. The minimum Gasteiger partial charge on any atom is -0.427 e. The van der Waals surface area contributed by atoms with Gasteiger partial charge in [0.1, 0.15) is 11.5 Å². The van der Waals surface area contributed by atoms with E-state index in [1.54, 1.807) is 30.3 Å². The summed E-state index contributed by atoms with van der Waals surface area (Å²) in [5.74, 6) is -0.592. The highest BCUT2D eigenvalue weighted by Crippen LogP contribution is 2.33. The molecule has 1 saturated carbocycles. The molecule has 35 heavy (non-hydrogen) atoms. The summed E-state index contributed by atoms with van der Waals surface area (Å²) in [6.45, 7) is 3.54. The Morgan fingerprint density at radius 3 is 2.60 bits per heavy atom. The second-order valence-electron chi connectivity index (χ2n) is 9.15. The van der Waals surface area contributed by atoms with Crippen LogP contribution in [0.1, 0.15) is 71.6 Å². The smallest absolute Gasteiger partial charge is 0.311 e. The van der Waals surface area contributed by atoms with Crippen molar-refractivity contribution in [1.82, 2.24) is 0 Å². The number of allylic oxidation sites excluding steroid dienone is 2. The van der Waals surface area contributed by atoms with Crippen molar-refractivity contribution in [2.75, 3.05) is 5.32 Å². The lowest BCUT2D eigenvalue weighted by Gasteiger charge is -2.16. The third kappa shape index (κ3) is 10.6. The second-order valence-corrected chi connectivity index (χ2v) is 9.15. The molecule has 1 aliphatic rings. The van der Waals surface area contributed by atoms with Gasteiger partial charge in [-0.05, 0) is 49.9 Å². The zero-order valence-corrected chi connectivity index (χ0v) is 20.8. The van der Waals surface area contributed by atoms with Gasteiger partial charge in [0.2, 0.25) is 5.91 Å². The lowest BCUT2D eigenvalue weighted by Crippen LogP contribution is -2.18. The van der Waals surface area contributed by atoms with Crippen molar-refractivity contribution < 1.29 is 29.3 Å². The second kappa shape index (κ2) is 15.3. The summed E-state index contributed by atoms with van der Waals surface area (Å²) in [5, 5.41) is 23.0. The number of carbonyl (C=O) groups excluding carboxylic acids is 3. The van der Waals surface area contributed by atoms with Gasteiger partial charge in [-0.15, -0.1) is 0 Å². The molecule has 0 aliphatic heterocycles. The fourth-order valence-corrected chi connectivity index (χ4v) is 4.20. The number of amides is 1. The summed E-state index contributed by atoms with van der Waals surface area (Å²) in [4.78, 5) is 35.4. The Morgan fingerprint density at radius 2 is 1.91 bits per heavy atom. The van der Waals surface area contributed by atoms with Crippen molar-refractivity contribution in [2.24, 2.45) is 11.8 Å². The maximum atomic E-state index is 12.3. The van der Waals surface area contributed by atoms with Crippen molar-refractivity contribution in [2.45, 2.75) is 83.8 Å². The van der Waals surface area contributed by atoms with Gasteiger partial charge in [0, 0.05) is 37.3 Å². The molecule has 0 heterocycles. The molecule has 0 aromatic heterocycles. The number of Topliss-reactive ketones (excluding diaryl/α,β-unsaturated/α-hetero) is 1. The minimum absolute atomic E-state index is 0.0466. The number of anilines is 1. The molecular weight excluding hydrogens is 446 g/mol. The zero-order chi connectivity index (χ0) is 25.6. The summed E-state index contributed by atoms with van der Waals surface area (Å²) in [6, 6.07) is 6.60. The van der Waals surface area contributed by atoms with Crippen LogP contribution in [0.5, 0.6) is 5.75 Å². The molecule has 0 radical (unpaired) electrons. The molecule has 1 aromatic rings. The van der Waals surface area contributed by atoms with Crippen LogP contribution in [0, 0.1) is 11.8 Å². The number of carbonyl (C=O) groups is 3. The van der Waals surface area contributed by atoms with Crippen molar-refractivity contribution >= 4 is 23.3 Å². The highest BCUT2D eigenvalue weighted by atomic mass is 16.5. The summed E-state index contributed by atoms with van der Waals surface area (Å²) < 4.78 is 5.30. The number of benzene rings is 1. The quantitative estimate of drug-likeness (QED) is 0.152. The van der Waals surface area contributed by atoms with Crippen molar-refractivity contribution in [1.29, 1.82) is 0 Å². The summed E-state index contributed by atoms with van der Waals surface area (Å²) in [7, 11) is 0. The molecule has 0 spiro atoms. The van der Waals surface area contributed by atoms with Gasteiger partial charge in [0.15, 0.2) is 0 Å². The molecule has 4 atom stereocenters. The van der Waals surface area contributed by atoms with E-state index in [1.165, 1.54) is 6.92 Å². The first-order valence-corrected chi connectivity index (χ1v) is 12.6. The zero-order valence-electron chi connectivity index (χ0n) is 20.8. The van der Waals surface area contributed by atoms with Crippen LogP contribution in [0.2, 0.25) is 0 Å². The molecule has 7 nitrogen and oxygen atoms in total. The van der Waals surface area contributed by atoms with E-state index < -0.39 is 12.2 Å². The molecule has 1 amide bonds. The molecule has 0 unspecified atom stereocenters. The van der Waals surface area contributed by atoms with Crippen molar-refractivity contribution in [3.8, 4) is 5.75 Å². The Bertz CT molecular complexity index is 876. The Hall–Kier alpha value is -2.77. The molecule has 0 bridgehead atoms. The van der Waals surface area contributed by atoms with Crippen LogP contribution in [0.4, 0.5) is 5.69 Å². The van der Waals surface area contributed by atoms with Crippen molar-refractivity contribution in [3.05, 3.63) is 48.6 Å². The average molecular weight is 486 g/mol. The number of hydrogen-bond acceptors (Lipinski definition) is 6. The van der Waals surface area contributed by atoms with E-state index in [0.717, 1.165) is 19.3 Å². The van der Waals surface area contributed by atoms with Gasteiger partial charge in [-0.2, -0.15) is 0 Å². The first-order chi connectivity index (χ1) is 16.8. The number of aliphatic hydroxyl groups is 2. The Morgan fingerprint density at radius 1 is 1.17 bits per heavy atom. The van der Waals surface area contributed by atoms with Gasteiger partial charge in [0.25, 0.3) is 0 Å². The van der Waals surface area contributed by atoms with Crippen LogP contribution in [0.15, 0.2) is 48.6 Å². The SMILES string of the molecule is CCCCC[C@H](O)/C=C/[C@H]1[C@H](O)CC(=O)[C@@H]1C/C=C/CCCC(=O)Oc1ccc(NC(C)=O)cc1. The van der Waals surface area contributed by atoms with E-state index in [4.69, 9.17) is 4.74 Å². The predicted octanol–water partition coefficient (Wildman–Crippen LogP) is 4.73. The lowest BCUT2D eigenvalue weighted by atomic mass is 9.90. The Balaban J connectivity index is 1.71. The first-order valence-electron chi connectivity index (χ1n) is 12.6. The largest absolute Gasteiger partial charge is 0.427 e. The topological polar surface area (TPSA) is 113 Å². The van der Waals surface area contributed by atoms with E-state index in [9.17, 15) is 24.6 Å². The van der Waals surface area contributed by atoms with Crippen LogP contribution in [-0.2, 0) is 14.4 Å². The number of nitrogens with one attached hydrogen (secondary N) is 1. The predicted molar refractivity (Wildman–Crippen MR) is 136 cm³/mol. The summed E-state index contributed by atoms with van der Waals surface area (Å²) >= 11 is 0. The molecule has 1 aromatic carbocycles. The van der Waals surface area contributed by atoms with Crippen LogP contribution in [0.3, 0.4) is 0 Å². The highest BCUT2D eigenvalue weighted by Gasteiger charge is 2.39. The molecule has 7 heteroatoms. The Labute approximate surface area is 208 Å². The molecule has 0 saturated heterocycles. The summed E-state index contributed by atoms with van der Waals surface area (Å²) in [6.07, 6.45) is 12.2. The van der Waals surface area contributed by atoms with E-state index in [0.29, 0.717) is 37.1 Å². The van der Waals surface area contributed by atoms with Gasteiger partial charge in [-0.1, -0.05) is 50.5 Å². The number of unbranched alkanes of at least 4 members (excludes halogenated alkanes) is 3. The van der Waals surface area contributed by atoms with E-state index in [-0.39, 0.29) is 42.3 Å². The van der Waals surface area contributed by atoms with Crippen LogP contribution in [-0.4, -0.2) is 40.1 Å². The maximum absolute atomic E-state index is 12.3. The van der Waals surface area contributed by atoms with Gasteiger partial charge in [-0.25, -0.2) is 0 Å². The highest BCUT2D eigenvalue weighted by molar-refractivity contribution is 5.88. The lowest BCUT2D eigenvalue weighted by molar-refractivity contribution is -0.134. The van der Waals surface area contributed by atoms with E-state index in [1.807, 2.05) is 18.2 Å². The van der Waals surface area contributed by atoms with Crippen LogP contribution >= 0.6 is 0 Å². The normalized spacial score (nSPS) is 21.0. The first kappa shape index (κ1) is 28.5. The fourth-order valence-electron chi connectivity index (χ4n) is 4.20. The number of rotatable bonds is 14. The standard InChI is InChI=1S/C28H39NO6/c1-3-4-7-10-22(31)15-18-25-24(26(32)19-27(25)33)11-8-5-6-9-12-28(34)35-23-16-13-21(14-17-23)29-20(2)30/h5,8,13-18,22,24-25,27,31,33H,3-4,6-7,9-12,19H2,1-2H3,(H,29,30)/b8-5+,18-15+/t22-,24+,25+,27+/m0/s1. The van der Waals surface area contributed by atoms with Gasteiger partial charge in [0.05, 0.1) is 12.2 Å². The van der Waals surface area contributed by atoms with Gasteiger partial charge >= 0.3 is 5.97 Å². The van der Waals surface area contributed by atoms with E-state index >= 15 is 0 Å². The molecular formula is C28H39NO6. The molecule has 1 fully saturated rings. The summed E-state index contributed by atoms with van der Waals surface area (Å²) in [5.41, 5.74) is 0.636. The molecule has 3 N–H and O–H groups in total. The van der Waals surface area contributed by atoms with Crippen LogP contribution in [0.25, 0.3) is 0 Å². The maximum Gasteiger partial charge on any atom is 0.311 e. The van der Waals surface area contributed by atoms with E-state index in [2.05, 4.69) is 12.2 Å². The minimum atomic E-state index is -0.706. The van der Waals surface area contributed by atoms with Gasteiger partial charge in [-0.3, -0.25) is 14.4 Å². The number of ketones is 1. The monoisotopic (exact) mass is 485 g/mol. The Kier molecular flexibility index (Phi) is 12.4. The third-order valence-electron chi connectivity index (χ3n) is 6.11. The van der Waals surface area contributed by atoms with Gasteiger partial charge < -0.3 is 20.3 Å². The van der Waals surface area contributed by atoms with Crippen molar-refractivity contribution in [3.63, 3.8) is 0 Å². The molecule has 1 aliphatic carbocycles. The number of ether oxygens (including phenoxy) is 1. The molecule has 192 valence electrons. The number of aliphatic hydroxyl groups excluding tert-OH is 2. The molecule has 2 rings (SSSR count). The van der Waals surface area contributed by atoms with Crippen LogP contribution < -0.4 is 10.1 Å².